The van der Waals surface area contributed by atoms with Crippen LogP contribution in [0, 0.1) is 0 Å². The van der Waals surface area contributed by atoms with Gasteiger partial charge in [0.25, 0.3) is 0 Å². The molecular formula is C28H27N2O2+. The molecule has 3 aromatic carbocycles. The Kier molecular flexibility index (Phi) is 6.04. The molecule has 1 heterocycles. The van der Waals surface area contributed by atoms with Crippen molar-refractivity contribution in [3.05, 3.63) is 95.7 Å². The summed E-state index contributed by atoms with van der Waals surface area (Å²) in [7, 11) is 7.60. The van der Waals surface area contributed by atoms with Crippen molar-refractivity contribution in [1.29, 1.82) is 0 Å². The summed E-state index contributed by atoms with van der Waals surface area (Å²) in [5.41, 5.74) is 7.22. The minimum Gasteiger partial charge on any atom is -0.465 e. The molecule has 0 bridgehead atoms. The molecule has 0 saturated carbocycles. The highest BCUT2D eigenvalue weighted by molar-refractivity contribution is 5.91. The fraction of sp³-hybridized carbons (Fsp3) is 0.143. The Labute approximate surface area is 189 Å². The third kappa shape index (κ3) is 4.40. The van der Waals surface area contributed by atoms with E-state index in [9.17, 15) is 4.79 Å². The summed E-state index contributed by atoms with van der Waals surface area (Å²) in [6.07, 6.45) is 4.25. The molecule has 4 rings (SSSR count). The Bertz CT molecular complexity index is 1310. The average molecular weight is 424 g/mol. The van der Waals surface area contributed by atoms with E-state index in [0.717, 1.165) is 22.4 Å². The largest absolute Gasteiger partial charge is 0.465 e. The third-order valence-electron chi connectivity index (χ3n) is 5.68. The molecule has 0 atom stereocenters. The van der Waals surface area contributed by atoms with Crippen LogP contribution in [0.5, 0.6) is 0 Å². The zero-order valence-corrected chi connectivity index (χ0v) is 18.9. The fourth-order valence-corrected chi connectivity index (χ4v) is 3.76. The average Bonchev–Trinajstić information content (AvgIpc) is 2.83. The predicted molar refractivity (Wildman–Crippen MR) is 132 cm³/mol. The number of benzene rings is 3. The third-order valence-corrected chi connectivity index (χ3v) is 5.68. The molecule has 0 unspecified atom stereocenters. The van der Waals surface area contributed by atoms with Gasteiger partial charge in [-0.1, -0.05) is 36.4 Å². The Morgan fingerprint density at radius 3 is 2.38 bits per heavy atom. The number of methoxy groups -OCH3 is 1. The molecule has 0 fully saturated rings. The zero-order chi connectivity index (χ0) is 22.7. The first kappa shape index (κ1) is 21.3. The maximum Gasteiger partial charge on any atom is 0.337 e. The van der Waals surface area contributed by atoms with Crippen molar-refractivity contribution < 1.29 is 14.1 Å². The van der Waals surface area contributed by atoms with Gasteiger partial charge in [-0.3, -0.25) is 0 Å². The van der Waals surface area contributed by atoms with Gasteiger partial charge in [0, 0.05) is 43.4 Å². The van der Waals surface area contributed by atoms with Gasteiger partial charge < -0.3 is 9.64 Å². The van der Waals surface area contributed by atoms with Crippen LogP contribution in [0.1, 0.15) is 21.6 Å². The van der Waals surface area contributed by atoms with E-state index in [1.165, 1.54) is 23.7 Å². The summed E-state index contributed by atoms with van der Waals surface area (Å²) < 4.78 is 7.03. The molecule has 0 amide bonds. The first-order valence-electron chi connectivity index (χ1n) is 10.5. The number of carbonyl (C=O) groups is 1. The SMILES string of the molecule is COC(=O)c1cccc(-c2ccc(C=Cc3ccc4cc(N(C)C)ccc4[n+]3C)cc2)c1. The molecule has 0 spiro atoms. The molecule has 32 heavy (non-hydrogen) atoms. The van der Waals surface area contributed by atoms with E-state index in [2.05, 4.69) is 97.4 Å². The number of fused-ring (bicyclic) bond motifs is 1. The lowest BCUT2D eigenvalue weighted by Crippen LogP contribution is -2.32. The second-order valence-corrected chi connectivity index (χ2v) is 7.98. The normalized spacial score (nSPS) is 11.1. The number of pyridine rings is 1. The van der Waals surface area contributed by atoms with Gasteiger partial charge in [-0.2, -0.15) is 4.57 Å². The lowest BCUT2D eigenvalue weighted by atomic mass is 10.0. The number of carbonyl (C=O) groups excluding carboxylic acids is 1. The van der Waals surface area contributed by atoms with E-state index >= 15 is 0 Å². The minimum atomic E-state index is -0.326. The zero-order valence-electron chi connectivity index (χ0n) is 18.9. The quantitative estimate of drug-likeness (QED) is 0.320. The Balaban J connectivity index is 1.57. The highest BCUT2D eigenvalue weighted by atomic mass is 16.5. The fourth-order valence-electron chi connectivity index (χ4n) is 3.76. The topological polar surface area (TPSA) is 33.4 Å². The van der Waals surface area contributed by atoms with E-state index in [-0.39, 0.29) is 5.97 Å². The molecule has 0 saturated heterocycles. The first-order valence-corrected chi connectivity index (χ1v) is 10.5. The number of rotatable bonds is 5. The van der Waals surface area contributed by atoms with Crippen LogP contribution in [0.3, 0.4) is 0 Å². The molecule has 4 aromatic rings. The van der Waals surface area contributed by atoms with Gasteiger partial charge in [0.1, 0.15) is 7.05 Å². The Hall–Kier alpha value is -3.92. The standard InChI is InChI=1S/C28H27N2O2/c1-29(2)26-16-17-27-23(19-26)13-15-25(30(27)3)14-10-20-8-11-21(12-9-20)22-6-5-7-24(18-22)28(31)32-4/h5-19H,1-4H3/q+1. The second-order valence-electron chi connectivity index (χ2n) is 7.98. The Morgan fingerprint density at radius 2 is 1.66 bits per heavy atom. The van der Waals surface area contributed by atoms with Crippen LogP contribution in [0.4, 0.5) is 5.69 Å². The van der Waals surface area contributed by atoms with Gasteiger partial charge >= 0.3 is 5.97 Å². The van der Waals surface area contributed by atoms with Crippen molar-refractivity contribution in [1.82, 2.24) is 0 Å². The summed E-state index contributed by atoms with van der Waals surface area (Å²) in [6, 6.07) is 26.6. The molecule has 160 valence electrons. The predicted octanol–water partition coefficient (Wildman–Crippen LogP) is 5.35. The van der Waals surface area contributed by atoms with Crippen LogP contribution < -0.4 is 9.47 Å². The number of nitrogens with zero attached hydrogens (tertiary/aromatic N) is 2. The van der Waals surface area contributed by atoms with Crippen molar-refractivity contribution in [2.75, 3.05) is 26.1 Å². The lowest BCUT2D eigenvalue weighted by Gasteiger charge is -2.12. The number of esters is 1. The second kappa shape index (κ2) is 9.06. The highest BCUT2D eigenvalue weighted by Gasteiger charge is 2.11. The van der Waals surface area contributed by atoms with Gasteiger partial charge in [0.15, 0.2) is 0 Å². The van der Waals surface area contributed by atoms with E-state index in [1.54, 1.807) is 6.07 Å². The smallest absolute Gasteiger partial charge is 0.337 e. The molecule has 0 aliphatic rings. The van der Waals surface area contributed by atoms with E-state index in [0.29, 0.717) is 5.56 Å². The number of ether oxygens (including phenoxy) is 1. The van der Waals surface area contributed by atoms with Crippen molar-refractivity contribution >= 4 is 34.7 Å². The number of aryl methyl sites for hydroxylation is 1. The van der Waals surface area contributed by atoms with E-state index in [1.807, 2.05) is 18.2 Å². The maximum atomic E-state index is 11.8. The molecule has 0 aliphatic carbocycles. The summed E-state index contributed by atoms with van der Waals surface area (Å²) in [4.78, 5) is 13.9. The summed E-state index contributed by atoms with van der Waals surface area (Å²) >= 11 is 0. The van der Waals surface area contributed by atoms with Gasteiger partial charge in [0.05, 0.1) is 12.7 Å². The molecular weight excluding hydrogens is 396 g/mol. The molecule has 0 radical (unpaired) electrons. The highest BCUT2D eigenvalue weighted by Crippen LogP contribution is 2.23. The van der Waals surface area contributed by atoms with Gasteiger partial charge in [-0.15, -0.1) is 0 Å². The van der Waals surface area contributed by atoms with Gasteiger partial charge in [-0.05, 0) is 53.1 Å². The molecule has 0 aliphatic heterocycles. The first-order chi connectivity index (χ1) is 15.5. The molecule has 0 N–H and O–H groups in total. The summed E-state index contributed by atoms with van der Waals surface area (Å²) in [5, 5.41) is 1.22. The number of hydrogen-bond acceptors (Lipinski definition) is 3. The monoisotopic (exact) mass is 423 g/mol. The van der Waals surface area contributed by atoms with Crippen molar-refractivity contribution in [3.63, 3.8) is 0 Å². The summed E-state index contributed by atoms with van der Waals surface area (Å²) in [5.74, 6) is -0.326. The molecule has 1 aromatic heterocycles. The summed E-state index contributed by atoms with van der Waals surface area (Å²) in [6.45, 7) is 0. The number of anilines is 1. The van der Waals surface area contributed by atoms with Gasteiger partial charge in [-0.25, -0.2) is 4.79 Å². The van der Waals surface area contributed by atoms with Crippen LogP contribution in [0.2, 0.25) is 0 Å². The van der Waals surface area contributed by atoms with Crippen LogP contribution >= 0.6 is 0 Å². The van der Waals surface area contributed by atoms with Crippen molar-refractivity contribution in [2.45, 2.75) is 0 Å². The Morgan fingerprint density at radius 1 is 0.875 bits per heavy atom. The lowest BCUT2D eigenvalue weighted by molar-refractivity contribution is -0.646. The molecule has 4 heteroatoms. The van der Waals surface area contributed by atoms with Crippen molar-refractivity contribution in [2.24, 2.45) is 7.05 Å². The van der Waals surface area contributed by atoms with Crippen LogP contribution in [-0.4, -0.2) is 27.2 Å². The minimum absolute atomic E-state index is 0.326. The number of aromatic nitrogens is 1. The van der Waals surface area contributed by atoms with Gasteiger partial charge in [0.2, 0.25) is 11.2 Å². The maximum absolute atomic E-state index is 11.8. The van der Waals surface area contributed by atoms with Crippen molar-refractivity contribution in [3.8, 4) is 11.1 Å². The number of hydrogen-bond donors (Lipinski definition) is 0. The van der Waals surface area contributed by atoms with Crippen LogP contribution in [0.25, 0.3) is 34.2 Å². The molecule has 4 nitrogen and oxygen atoms in total. The van der Waals surface area contributed by atoms with Crippen LogP contribution in [-0.2, 0) is 11.8 Å². The van der Waals surface area contributed by atoms with E-state index < -0.39 is 0 Å². The van der Waals surface area contributed by atoms with Crippen LogP contribution in [0.15, 0.2) is 78.9 Å². The van der Waals surface area contributed by atoms with E-state index in [4.69, 9.17) is 4.74 Å².